The highest BCUT2D eigenvalue weighted by molar-refractivity contribution is 7.25. The molecule has 3 nitrogen and oxygen atoms in total. The van der Waals surface area contributed by atoms with E-state index in [-0.39, 0.29) is 0 Å². The Morgan fingerprint density at radius 1 is 0.306 bits per heavy atom. The van der Waals surface area contributed by atoms with Crippen molar-refractivity contribution in [2.24, 2.45) is 0 Å². The van der Waals surface area contributed by atoms with E-state index in [1.54, 1.807) is 0 Å². The first kappa shape index (κ1) is 35.0. The van der Waals surface area contributed by atoms with Crippen molar-refractivity contribution in [1.82, 2.24) is 15.0 Å². The number of fused-ring (bicyclic) bond motifs is 13. The Kier molecular flexibility index (Phi) is 7.69. The molecule has 0 atom stereocenters. The molecule has 62 heavy (non-hydrogen) atoms. The van der Waals surface area contributed by atoms with Gasteiger partial charge in [0.05, 0.1) is 5.41 Å². The SMILES string of the molecule is c1ccc(-c2nc(-c3cccc(-c4cccc5c4-c4ccccc4C54c5ccccc5-c5ccccc54)c3)nc(-c3ccccc3-c3cccc4sc5ccccc5c34)n2)cc1. The number of thiophene rings is 1. The van der Waals surface area contributed by atoms with Gasteiger partial charge in [-0.05, 0) is 85.0 Å². The third-order valence-electron chi connectivity index (χ3n) is 13.0. The van der Waals surface area contributed by atoms with Gasteiger partial charge in [0.25, 0.3) is 0 Å². The molecule has 1 spiro atoms. The second-order valence-corrected chi connectivity index (χ2v) is 17.3. The number of rotatable bonds is 5. The van der Waals surface area contributed by atoms with Crippen LogP contribution in [-0.2, 0) is 5.41 Å². The molecule has 0 amide bonds. The van der Waals surface area contributed by atoms with Crippen LogP contribution in [0.2, 0.25) is 0 Å². The van der Waals surface area contributed by atoms with Gasteiger partial charge >= 0.3 is 0 Å². The van der Waals surface area contributed by atoms with Crippen molar-refractivity contribution < 1.29 is 0 Å². The third-order valence-corrected chi connectivity index (χ3v) is 14.1. The van der Waals surface area contributed by atoms with Crippen LogP contribution >= 0.6 is 11.3 Å². The minimum atomic E-state index is -0.409. The molecule has 0 aliphatic heterocycles. The van der Waals surface area contributed by atoms with Crippen molar-refractivity contribution in [2.75, 3.05) is 0 Å². The van der Waals surface area contributed by atoms with Crippen molar-refractivity contribution in [1.29, 1.82) is 0 Å². The third kappa shape index (κ3) is 5.02. The molecule has 0 bridgehead atoms. The highest BCUT2D eigenvalue weighted by atomic mass is 32.1. The molecule has 2 aliphatic rings. The van der Waals surface area contributed by atoms with Gasteiger partial charge in [-0.25, -0.2) is 15.0 Å². The molecule has 11 aromatic rings. The summed E-state index contributed by atoms with van der Waals surface area (Å²) in [5, 5.41) is 2.52. The predicted molar refractivity (Wildman–Crippen MR) is 256 cm³/mol. The zero-order chi connectivity index (χ0) is 40.8. The first-order valence-corrected chi connectivity index (χ1v) is 21.9. The van der Waals surface area contributed by atoms with Crippen molar-refractivity contribution in [2.45, 2.75) is 5.41 Å². The van der Waals surface area contributed by atoms with Gasteiger partial charge in [-0.15, -0.1) is 11.3 Å². The van der Waals surface area contributed by atoms with Crippen molar-refractivity contribution in [3.8, 4) is 78.7 Å². The lowest BCUT2D eigenvalue weighted by Crippen LogP contribution is -2.25. The van der Waals surface area contributed by atoms with Gasteiger partial charge in [0.15, 0.2) is 17.5 Å². The smallest absolute Gasteiger partial charge is 0.164 e. The first-order chi connectivity index (χ1) is 30.8. The molecule has 0 radical (unpaired) electrons. The van der Waals surface area contributed by atoms with Gasteiger partial charge in [0.1, 0.15) is 0 Å². The average Bonchev–Trinajstić information content (AvgIpc) is 3.99. The summed E-state index contributed by atoms with van der Waals surface area (Å²) in [7, 11) is 0. The number of hydrogen-bond donors (Lipinski definition) is 0. The van der Waals surface area contributed by atoms with Crippen molar-refractivity contribution in [3.05, 3.63) is 235 Å². The van der Waals surface area contributed by atoms with E-state index >= 15 is 0 Å². The number of nitrogens with zero attached hydrogens (tertiary/aromatic N) is 3. The minimum absolute atomic E-state index is 0.409. The Balaban J connectivity index is 1.00. The van der Waals surface area contributed by atoms with E-state index in [4.69, 9.17) is 15.0 Å². The first-order valence-electron chi connectivity index (χ1n) is 21.1. The second kappa shape index (κ2) is 13.6. The molecule has 0 saturated carbocycles. The summed E-state index contributed by atoms with van der Waals surface area (Å²) in [6, 6.07) is 76.7. The van der Waals surface area contributed by atoms with E-state index in [2.05, 4.69) is 194 Å². The molecule has 0 N–H and O–H groups in total. The van der Waals surface area contributed by atoms with Crippen LogP contribution < -0.4 is 0 Å². The number of aromatic nitrogens is 3. The maximum atomic E-state index is 5.35. The van der Waals surface area contributed by atoms with E-state index in [1.807, 2.05) is 29.5 Å². The lowest BCUT2D eigenvalue weighted by atomic mass is 9.70. The molecule has 2 aliphatic carbocycles. The lowest BCUT2D eigenvalue weighted by Gasteiger charge is -2.30. The van der Waals surface area contributed by atoms with Crippen molar-refractivity contribution >= 4 is 31.5 Å². The van der Waals surface area contributed by atoms with Crippen molar-refractivity contribution in [3.63, 3.8) is 0 Å². The highest BCUT2D eigenvalue weighted by Gasteiger charge is 2.51. The Labute approximate surface area is 363 Å². The quantitative estimate of drug-likeness (QED) is 0.174. The van der Waals surface area contributed by atoms with Gasteiger partial charge < -0.3 is 0 Å². The number of benzene rings is 9. The zero-order valence-electron chi connectivity index (χ0n) is 33.5. The predicted octanol–water partition coefficient (Wildman–Crippen LogP) is 14.9. The van der Waals surface area contributed by atoms with Gasteiger partial charge in [-0.2, -0.15) is 0 Å². The maximum Gasteiger partial charge on any atom is 0.164 e. The van der Waals surface area contributed by atoms with E-state index in [0.717, 1.165) is 27.8 Å². The molecule has 288 valence electrons. The molecule has 0 unspecified atom stereocenters. The van der Waals surface area contributed by atoms with Crippen LogP contribution in [0.1, 0.15) is 22.3 Å². The minimum Gasteiger partial charge on any atom is -0.208 e. The fourth-order valence-corrected chi connectivity index (χ4v) is 11.6. The topological polar surface area (TPSA) is 38.7 Å². The molecule has 2 aromatic heterocycles. The standard InChI is InChI=1S/C58H35N3S/c1-2-17-36(18-3-1)55-59-56(61-57(60-55)44-24-5-4-21-40(44)43-28-16-34-52-54(43)46-26-9-13-33-51(46)62-52)38-20-14-19-37(35-38)39-27-15-32-50-53(39)45-25-8-12-31-49(45)58(50)47-29-10-6-22-41(47)42-23-7-11-30-48(42)58/h1-35H. The van der Waals surface area contributed by atoms with Crippen LogP contribution in [0, 0.1) is 0 Å². The molecule has 2 heterocycles. The normalized spacial score (nSPS) is 13.0. The van der Waals surface area contributed by atoms with Gasteiger partial charge in [0, 0.05) is 36.9 Å². The van der Waals surface area contributed by atoms with E-state index in [1.165, 1.54) is 75.8 Å². The second-order valence-electron chi connectivity index (χ2n) is 16.2. The van der Waals surface area contributed by atoms with Gasteiger partial charge in [0.2, 0.25) is 0 Å². The maximum absolute atomic E-state index is 5.35. The fraction of sp³-hybridized carbons (Fsp3) is 0.0172. The summed E-state index contributed by atoms with van der Waals surface area (Å²) in [6.07, 6.45) is 0. The van der Waals surface area contributed by atoms with Crippen LogP contribution in [0.4, 0.5) is 0 Å². The summed E-state index contributed by atoms with van der Waals surface area (Å²) in [5.41, 5.74) is 17.5. The summed E-state index contributed by atoms with van der Waals surface area (Å²) in [5.74, 6) is 1.91. The molecule has 13 rings (SSSR count). The summed E-state index contributed by atoms with van der Waals surface area (Å²) >= 11 is 1.83. The molecule has 0 fully saturated rings. The molecule has 9 aromatic carbocycles. The van der Waals surface area contributed by atoms with Crippen LogP contribution in [0.25, 0.3) is 98.8 Å². The molecule has 4 heteroatoms. The van der Waals surface area contributed by atoms with Gasteiger partial charge in [-0.3, -0.25) is 0 Å². The Bertz CT molecular complexity index is 3560. The molecular formula is C58H35N3S. The summed E-state index contributed by atoms with van der Waals surface area (Å²) in [4.78, 5) is 15.8. The van der Waals surface area contributed by atoms with E-state index < -0.39 is 5.41 Å². The van der Waals surface area contributed by atoms with Crippen LogP contribution in [0.3, 0.4) is 0 Å². The van der Waals surface area contributed by atoms with Gasteiger partial charge in [-0.1, -0.05) is 194 Å². The monoisotopic (exact) mass is 805 g/mol. The van der Waals surface area contributed by atoms with Crippen LogP contribution in [0.15, 0.2) is 212 Å². The zero-order valence-corrected chi connectivity index (χ0v) is 34.3. The Morgan fingerprint density at radius 3 is 1.56 bits per heavy atom. The Hall–Kier alpha value is -7.79. The molecular weight excluding hydrogens is 771 g/mol. The summed E-state index contributed by atoms with van der Waals surface area (Å²) < 4.78 is 2.54. The van der Waals surface area contributed by atoms with Crippen LogP contribution in [-0.4, -0.2) is 15.0 Å². The Morgan fingerprint density at radius 2 is 0.790 bits per heavy atom. The number of hydrogen-bond acceptors (Lipinski definition) is 4. The van der Waals surface area contributed by atoms with Crippen LogP contribution in [0.5, 0.6) is 0 Å². The largest absolute Gasteiger partial charge is 0.208 e. The van der Waals surface area contributed by atoms with E-state index in [9.17, 15) is 0 Å². The lowest BCUT2D eigenvalue weighted by molar-refractivity contribution is 0.794. The van der Waals surface area contributed by atoms with E-state index in [0.29, 0.717) is 17.5 Å². The summed E-state index contributed by atoms with van der Waals surface area (Å²) in [6.45, 7) is 0. The fourth-order valence-electron chi connectivity index (χ4n) is 10.5. The average molecular weight is 806 g/mol. The molecule has 0 saturated heterocycles. The highest BCUT2D eigenvalue weighted by Crippen LogP contribution is 2.64.